The van der Waals surface area contributed by atoms with Gasteiger partial charge in [-0.1, -0.05) is 56.9 Å². The van der Waals surface area contributed by atoms with E-state index in [-0.39, 0.29) is 0 Å². The second-order valence-electron chi connectivity index (χ2n) is 5.35. The van der Waals surface area contributed by atoms with Crippen LogP contribution < -0.4 is 0 Å². The lowest BCUT2D eigenvalue weighted by atomic mass is 10.2. The SMILES string of the molecule is CCN(Cc1ccccc1)C[Si](C)(C)C. The van der Waals surface area contributed by atoms with Crippen LogP contribution in [0.1, 0.15) is 12.5 Å². The monoisotopic (exact) mass is 221 g/mol. The Hall–Kier alpha value is -0.603. The van der Waals surface area contributed by atoms with Crippen LogP contribution in [-0.4, -0.2) is 25.7 Å². The molecule has 1 aromatic carbocycles. The summed E-state index contributed by atoms with van der Waals surface area (Å²) in [7, 11) is -0.969. The number of hydrogen-bond donors (Lipinski definition) is 0. The van der Waals surface area contributed by atoms with Crippen molar-refractivity contribution in [2.24, 2.45) is 0 Å². The van der Waals surface area contributed by atoms with Gasteiger partial charge in [-0.05, 0) is 18.3 Å². The van der Waals surface area contributed by atoms with Gasteiger partial charge in [-0.2, -0.15) is 0 Å². The van der Waals surface area contributed by atoms with Gasteiger partial charge in [-0.15, -0.1) is 0 Å². The van der Waals surface area contributed by atoms with Crippen molar-refractivity contribution in [2.75, 3.05) is 12.7 Å². The van der Waals surface area contributed by atoms with Gasteiger partial charge in [0, 0.05) is 6.54 Å². The van der Waals surface area contributed by atoms with E-state index in [0.29, 0.717) is 0 Å². The number of benzene rings is 1. The van der Waals surface area contributed by atoms with Crippen molar-refractivity contribution >= 4 is 8.07 Å². The van der Waals surface area contributed by atoms with Crippen molar-refractivity contribution in [1.82, 2.24) is 4.90 Å². The molecule has 0 heterocycles. The first kappa shape index (κ1) is 12.5. The summed E-state index contributed by atoms with van der Waals surface area (Å²) >= 11 is 0. The fraction of sp³-hybridized carbons (Fsp3) is 0.538. The number of hydrogen-bond acceptors (Lipinski definition) is 1. The molecular weight excluding hydrogens is 198 g/mol. The third kappa shape index (κ3) is 5.14. The van der Waals surface area contributed by atoms with E-state index in [1.807, 2.05) is 0 Å². The van der Waals surface area contributed by atoms with E-state index < -0.39 is 8.07 Å². The van der Waals surface area contributed by atoms with Gasteiger partial charge in [0.1, 0.15) is 0 Å². The zero-order valence-corrected chi connectivity index (χ0v) is 11.5. The summed E-state index contributed by atoms with van der Waals surface area (Å²) in [6.07, 6.45) is 1.29. The Morgan fingerprint density at radius 3 is 2.13 bits per heavy atom. The summed E-state index contributed by atoms with van der Waals surface area (Å²) < 4.78 is 0. The molecule has 0 N–H and O–H groups in total. The first-order valence-corrected chi connectivity index (χ1v) is 9.48. The molecule has 0 radical (unpaired) electrons. The Morgan fingerprint density at radius 2 is 1.67 bits per heavy atom. The van der Waals surface area contributed by atoms with Crippen LogP contribution in [-0.2, 0) is 6.54 Å². The predicted molar refractivity (Wildman–Crippen MR) is 70.7 cm³/mol. The van der Waals surface area contributed by atoms with E-state index >= 15 is 0 Å². The quantitative estimate of drug-likeness (QED) is 0.689. The second kappa shape index (κ2) is 5.47. The van der Waals surface area contributed by atoms with Crippen LogP contribution in [0.2, 0.25) is 19.6 Å². The van der Waals surface area contributed by atoms with Crippen molar-refractivity contribution < 1.29 is 0 Å². The molecule has 1 rings (SSSR count). The Morgan fingerprint density at radius 1 is 1.07 bits per heavy atom. The Bertz CT molecular complexity index is 276. The second-order valence-corrected chi connectivity index (χ2v) is 10.8. The third-order valence-corrected chi connectivity index (χ3v) is 3.79. The first-order chi connectivity index (χ1) is 7.01. The molecule has 0 saturated carbocycles. The molecule has 0 atom stereocenters. The van der Waals surface area contributed by atoms with E-state index in [1.165, 1.54) is 11.7 Å². The highest BCUT2D eigenvalue weighted by atomic mass is 28.3. The largest absolute Gasteiger partial charge is 0.302 e. The van der Waals surface area contributed by atoms with Gasteiger partial charge in [0.2, 0.25) is 0 Å². The molecule has 0 aliphatic rings. The van der Waals surface area contributed by atoms with Crippen LogP contribution in [0.5, 0.6) is 0 Å². The lowest BCUT2D eigenvalue weighted by Crippen LogP contribution is -2.39. The topological polar surface area (TPSA) is 3.24 Å². The molecule has 0 spiro atoms. The Balaban J connectivity index is 2.55. The molecule has 0 aliphatic heterocycles. The molecule has 0 amide bonds. The molecule has 15 heavy (non-hydrogen) atoms. The molecule has 0 aliphatic carbocycles. The van der Waals surface area contributed by atoms with Gasteiger partial charge in [0.15, 0.2) is 0 Å². The fourth-order valence-electron chi connectivity index (χ4n) is 1.79. The molecular formula is C13H23NSi. The lowest BCUT2D eigenvalue weighted by Gasteiger charge is -2.27. The first-order valence-electron chi connectivity index (χ1n) is 5.77. The molecule has 0 saturated heterocycles. The minimum Gasteiger partial charge on any atom is -0.302 e. The van der Waals surface area contributed by atoms with Gasteiger partial charge < -0.3 is 4.90 Å². The van der Waals surface area contributed by atoms with E-state index in [2.05, 4.69) is 61.8 Å². The average Bonchev–Trinajstić information content (AvgIpc) is 2.16. The molecule has 2 heteroatoms. The van der Waals surface area contributed by atoms with E-state index in [1.54, 1.807) is 0 Å². The predicted octanol–water partition coefficient (Wildman–Crippen LogP) is 3.39. The zero-order valence-electron chi connectivity index (χ0n) is 10.5. The minimum atomic E-state index is -0.969. The van der Waals surface area contributed by atoms with Crippen LogP contribution in [0, 0.1) is 0 Å². The Kier molecular flexibility index (Phi) is 4.55. The molecule has 0 bridgehead atoms. The van der Waals surface area contributed by atoms with Crippen molar-refractivity contribution in [1.29, 1.82) is 0 Å². The maximum atomic E-state index is 2.56. The zero-order chi connectivity index (χ0) is 11.3. The van der Waals surface area contributed by atoms with Crippen LogP contribution >= 0.6 is 0 Å². The highest BCUT2D eigenvalue weighted by molar-refractivity contribution is 6.76. The standard InChI is InChI=1S/C13H23NSi/c1-5-14(12-15(2,3)4)11-13-9-7-6-8-10-13/h6-10H,5,11-12H2,1-4H3. The van der Waals surface area contributed by atoms with Gasteiger partial charge in [-0.3, -0.25) is 0 Å². The summed E-state index contributed by atoms with van der Waals surface area (Å²) in [6.45, 7) is 11.8. The molecule has 0 fully saturated rings. The van der Waals surface area contributed by atoms with Gasteiger partial charge in [-0.25, -0.2) is 0 Å². The summed E-state index contributed by atoms with van der Waals surface area (Å²) in [4.78, 5) is 2.56. The molecule has 84 valence electrons. The molecule has 1 nitrogen and oxygen atoms in total. The molecule has 0 unspecified atom stereocenters. The van der Waals surface area contributed by atoms with Crippen LogP contribution in [0.15, 0.2) is 30.3 Å². The summed E-state index contributed by atoms with van der Waals surface area (Å²) in [5.74, 6) is 0. The van der Waals surface area contributed by atoms with Crippen LogP contribution in [0.3, 0.4) is 0 Å². The smallest absolute Gasteiger partial charge is 0.0599 e. The number of nitrogens with zero attached hydrogens (tertiary/aromatic N) is 1. The summed E-state index contributed by atoms with van der Waals surface area (Å²) in [5.41, 5.74) is 1.43. The third-order valence-electron chi connectivity index (χ3n) is 2.39. The maximum absolute atomic E-state index is 2.56. The maximum Gasteiger partial charge on any atom is 0.0599 e. The average molecular weight is 221 g/mol. The van der Waals surface area contributed by atoms with E-state index in [0.717, 1.165) is 13.1 Å². The van der Waals surface area contributed by atoms with E-state index in [4.69, 9.17) is 0 Å². The van der Waals surface area contributed by atoms with Gasteiger partial charge in [0.25, 0.3) is 0 Å². The van der Waals surface area contributed by atoms with Crippen molar-refractivity contribution in [3.05, 3.63) is 35.9 Å². The van der Waals surface area contributed by atoms with Crippen molar-refractivity contribution in [2.45, 2.75) is 33.1 Å². The highest BCUT2D eigenvalue weighted by Crippen LogP contribution is 2.09. The fourth-order valence-corrected chi connectivity index (χ4v) is 3.47. The number of rotatable bonds is 5. The molecule has 1 aromatic rings. The highest BCUT2D eigenvalue weighted by Gasteiger charge is 2.17. The Labute approximate surface area is 95.1 Å². The van der Waals surface area contributed by atoms with Crippen LogP contribution in [0.25, 0.3) is 0 Å². The van der Waals surface area contributed by atoms with E-state index in [9.17, 15) is 0 Å². The van der Waals surface area contributed by atoms with Crippen LogP contribution in [0.4, 0.5) is 0 Å². The normalized spacial score (nSPS) is 12.1. The molecule has 0 aromatic heterocycles. The lowest BCUT2D eigenvalue weighted by molar-refractivity contribution is 0.321. The summed E-state index contributed by atoms with van der Waals surface area (Å²) in [5, 5.41) is 0. The van der Waals surface area contributed by atoms with Crippen molar-refractivity contribution in [3.8, 4) is 0 Å². The minimum absolute atomic E-state index is 0.969. The van der Waals surface area contributed by atoms with Gasteiger partial charge >= 0.3 is 0 Å². The van der Waals surface area contributed by atoms with Crippen molar-refractivity contribution in [3.63, 3.8) is 0 Å². The van der Waals surface area contributed by atoms with Gasteiger partial charge in [0.05, 0.1) is 8.07 Å². The summed E-state index contributed by atoms with van der Waals surface area (Å²) in [6, 6.07) is 10.8.